The van der Waals surface area contributed by atoms with Crippen molar-refractivity contribution in [2.45, 2.75) is 57.8 Å². The second-order valence-electron chi connectivity index (χ2n) is 8.54. The van der Waals surface area contributed by atoms with E-state index in [1.165, 1.54) is 37.1 Å². The molecule has 0 atom stereocenters. The summed E-state index contributed by atoms with van der Waals surface area (Å²) in [6, 6.07) is 5.90. The van der Waals surface area contributed by atoms with E-state index in [1.54, 1.807) is 18.4 Å². The van der Waals surface area contributed by atoms with Gasteiger partial charge in [0, 0.05) is 38.5 Å². The summed E-state index contributed by atoms with van der Waals surface area (Å²) >= 11 is 1.75. The number of aryl methyl sites for hydroxylation is 1. The molecule has 4 rings (SSSR count). The lowest BCUT2D eigenvalue weighted by atomic mass is 9.90. The molecular formula is C24H34N4O3S. The molecule has 2 aliphatic rings. The highest BCUT2D eigenvalue weighted by atomic mass is 32.1. The van der Waals surface area contributed by atoms with Crippen molar-refractivity contribution in [1.29, 1.82) is 0 Å². The van der Waals surface area contributed by atoms with E-state index in [9.17, 15) is 4.79 Å². The van der Waals surface area contributed by atoms with Gasteiger partial charge >= 0.3 is 0 Å². The number of carbonyl (C=O) groups excluding carboxylic acids is 1. The van der Waals surface area contributed by atoms with Crippen LogP contribution in [0.1, 0.15) is 61.9 Å². The minimum absolute atomic E-state index is 0.206. The van der Waals surface area contributed by atoms with Crippen molar-refractivity contribution >= 4 is 22.4 Å². The van der Waals surface area contributed by atoms with E-state index in [2.05, 4.69) is 15.1 Å². The second-order valence-corrected chi connectivity index (χ2v) is 9.53. The zero-order valence-electron chi connectivity index (χ0n) is 19.2. The molecule has 0 bridgehead atoms. The summed E-state index contributed by atoms with van der Waals surface area (Å²) < 4.78 is 11.0. The molecule has 1 aromatic heterocycles. The zero-order valence-corrected chi connectivity index (χ0v) is 20.0. The molecule has 0 unspecified atom stereocenters. The first-order valence-corrected chi connectivity index (χ1v) is 12.7. The summed E-state index contributed by atoms with van der Waals surface area (Å²) in [6.07, 6.45) is 7.66. The maximum atomic E-state index is 12.8. The number of methoxy groups -OCH3 is 1. The van der Waals surface area contributed by atoms with E-state index in [1.807, 2.05) is 30.0 Å². The Labute approximate surface area is 194 Å². The Bertz CT molecular complexity index is 889. The molecule has 1 amide bonds. The maximum absolute atomic E-state index is 12.8. The van der Waals surface area contributed by atoms with Gasteiger partial charge in [-0.15, -0.1) is 10.2 Å². The summed E-state index contributed by atoms with van der Waals surface area (Å²) in [5.41, 5.74) is 1.08. The van der Waals surface area contributed by atoms with Gasteiger partial charge in [-0.2, -0.15) is 0 Å². The standard InChI is InChI=1S/C24H34N4O3S/c1-3-31-20-11-9-18(17-21(20)30-2)10-12-22(29)27-13-15-28(16-14-27)24-26-25-23(32-24)19-7-5-4-6-8-19/h9,11,17,19H,3-8,10,12-16H2,1-2H3. The van der Waals surface area contributed by atoms with Crippen LogP contribution in [0, 0.1) is 0 Å². The van der Waals surface area contributed by atoms with Gasteiger partial charge in [-0.1, -0.05) is 36.7 Å². The van der Waals surface area contributed by atoms with Gasteiger partial charge < -0.3 is 19.3 Å². The van der Waals surface area contributed by atoms with Crippen LogP contribution >= 0.6 is 11.3 Å². The largest absolute Gasteiger partial charge is 0.493 e. The van der Waals surface area contributed by atoms with E-state index >= 15 is 0 Å². The molecule has 0 spiro atoms. The first kappa shape index (κ1) is 22.8. The molecule has 1 aliphatic carbocycles. The first-order valence-electron chi connectivity index (χ1n) is 11.8. The lowest BCUT2D eigenvalue weighted by Crippen LogP contribution is -2.48. The molecule has 174 valence electrons. The number of carbonyl (C=O) groups is 1. The minimum Gasteiger partial charge on any atom is -0.493 e. The number of ether oxygens (including phenoxy) is 2. The van der Waals surface area contributed by atoms with Crippen LogP contribution in [0.5, 0.6) is 11.5 Å². The molecule has 32 heavy (non-hydrogen) atoms. The third-order valence-electron chi connectivity index (χ3n) is 6.44. The van der Waals surface area contributed by atoms with Crippen LogP contribution < -0.4 is 14.4 Å². The summed E-state index contributed by atoms with van der Waals surface area (Å²) in [4.78, 5) is 17.0. The van der Waals surface area contributed by atoms with Crippen LogP contribution in [0.15, 0.2) is 18.2 Å². The highest BCUT2D eigenvalue weighted by molar-refractivity contribution is 7.15. The lowest BCUT2D eigenvalue weighted by Gasteiger charge is -2.34. The fourth-order valence-electron chi connectivity index (χ4n) is 4.57. The maximum Gasteiger partial charge on any atom is 0.223 e. The molecule has 2 heterocycles. The van der Waals surface area contributed by atoms with Crippen LogP contribution in [-0.2, 0) is 11.2 Å². The molecule has 0 radical (unpaired) electrons. The Morgan fingerprint density at radius 2 is 1.88 bits per heavy atom. The predicted molar refractivity (Wildman–Crippen MR) is 127 cm³/mol. The van der Waals surface area contributed by atoms with Crippen LogP contribution in [-0.4, -0.2) is 60.9 Å². The SMILES string of the molecule is CCOc1ccc(CCC(=O)N2CCN(c3nnc(C4CCCCC4)s3)CC2)cc1OC. The monoisotopic (exact) mass is 458 g/mol. The molecular weight excluding hydrogens is 424 g/mol. The zero-order chi connectivity index (χ0) is 22.3. The van der Waals surface area contributed by atoms with E-state index in [0.29, 0.717) is 25.4 Å². The quantitative estimate of drug-likeness (QED) is 0.588. The van der Waals surface area contributed by atoms with Crippen molar-refractivity contribution in [3.63, 3.8) is 0 Å². The average Bonchev–Trinajstić information content (AvgIpc) is 3.34. The molecule has 1 aromatic carbocycles. The lowest BCUT2D eigenvalue weighted by molar-refractivity contribution is -0.131. The molecule has 7 nitrogen and oxygen atoms in total. The van der Waals surface area contributed by atoms with Crippen LogP contribution in [0.25, 0.3) is 0 Å². The number of amides is 1. The minimum atomic E-state index is 0.206. The van der Waals surface area contributed by atoms with Gasteiger partial charge in [-0.3, -0.25) is 4.79 Å². The Balaban J connectivity index is 1.25. The number of hydrogen-bond acceptors (Lipinski definition) is 7. The van der Waals surface area contributed by atoms with E-state index in [4.69, 9.17) is 9.47 Å². The van der Waals surface area contributed by atoms with Crippen molar-refractivity contribution in [3.8, 4) is 11.5 Å². The van der Waals surface area contributed by atoms with Gasteiger partial charge in [-0.05, 0) is 43.9 Å². The van der Waals surface area contributed by atoms with Gasteiger partial charge in [0.05, 0.1) is 13.7 Å². The van der Waals surface area contributed by atoms with Crippen LogP contribution in [0.3, 0.4) is 0 Å². The van der Waals surface area contributed by atoms with Crippen molar-refractivity contribution in [2.75, 3.05) is 44.8 Å². The predicted octanol–water partition coefficient (Wildman–Crippen LogP) is 4.27. The Hall–Kier alpha value is -2.35. The number of piperazine rings is 1. The normalized spacial score (nSPS) is 17.4. The van der Waals surface area contributed by atoms with Crippen LogP contribution in [0.2, 0.25) is 0 Å². The number of anilines is 1. The number of nitrogens with zero attached hydrogens (tertiary/aromatic N) is 4. The Morgan fingerprint density at radius 3 is 2.59 bits per heavy atom. The fraction of sp³-hybridized carbons (Fsp3) is 0.625. The second kappa shape index (κ2) is 11.0. The number of rotatable bonds is 8. The van der Waals surface area contributed by atoms with Gasteiger partial charge in [0.25, 0.3) is 0 Å². The number of benzene rings is 1. The van der Waals surface area contributed by atoms with Gasteiger partial charge in [0.1, 0.15) is 5.01 Å². The highest BCUT2D eigenvalue weighted by Crippen LogP contribution is 2.36. The summed E-state index contributed by atoms with van der Waals surface area (Å²) in [5, 5.41) is 11.2. The molecule has 2 aromatic rings. The molecule has 0 N–H and O–H groups in total. The summed E-state index contributed by atoms with van der Waals surface area (Å²) in [7, 11) is 1.64. The van der Waals surface area contributed by atoms with Crippen molar-refractivity contribution in [1.82, 2.24) is 15.1 Å². The molecule has 1 saturated carbocycles. The van der Waals surface area contributed by atoms with E-state index in [-0.39, 0.29) is 5.91 Å². The highest BCUT2D eigenvalue weighted by Gasteiger charge is 2.25. The Morgan fingerprint density at radius 1 is 1.09 bits per heavy atom. The van der Waals surface area contributed by atoms with Gasteiger partial charge in [-0.25, -0.2) is 0 Å². The third-order valence-corrected chi connectivity index (χ3v) is 7.59. The van der Waals surface area contributed by atoms with E-state index < -0.39 is 0 Å². The number of hydrogen-bond donors (Lipinski definition) is 0. The van der Waals surface area contributed by atoms with Crippen molar-refractivity contribution < 1.29 is 14.3 Å². The molecule has 1 saturated heterocycles. The van der Waals surface area contributed by atoms with Crippen molar-refractivity contribution in [3.05, 3.63) is 28.8 Å². The van der Waals surface area contributed by atoms with Gasteiger partial charge in [0.2, 0.25) is 11.0 Å². The average molecular weight is 459 g/mol. The molecule has 8 heteroatoms. The Kier molecular flexibility index (Phi) is 7.84. The summed E-state index contributed by atoms with van der Waals surface area (Å²) in [6.45, 7) is 5.67. The topological polar surface area (TPSA) is 67.8 Å². The molecule has 2 fully saturated rings. The molecule has 1 aliphatic heterocycles. The fourth-order valence-corrected chi connectivity index (χ4v) is 5.63. The summed E-state index contributed by atoms with van der Waals surface area (Å²) in [5.74, 6) is 2.26. The van der Waals surface area contributed by atoms with Crippen LogP contribution in [0.4, 0.5) is 5.13 Å². The third kappa shape index (κ3) is 5.52. The first-order chi connectivity index (χ1) is 15.7. The van der Waals surface area contributed by atoms with E-state index in [0.717, 1.165) is 48.4 Å². The number of aromatic nitrogens is 2. The van der Waals surface area contributed by atoms with Crippen molar-refractivity contribution in [2.24, 2.45) is 0 Å². The van der Waals surface area contributed by atoms with Gasteiger partial charge in [0.15, 0.2) is 11.5 Å². The smallest absolute Gasteiger partial charge is 0.223 e.